The second-order valence-electron chi connectivity index (χ2n) is 5.84. The summed E-state index contributed by atoms with van der Waals surface area (Å²) in [4.78, 5) is 12.7. The van der Waals surface area contributed by atoms with Crippen LogP contribution in [-0.4, -0.2) is 17.5 Å². The molecule has 0 spiro atoms. The molecule has 0 atom stereocenters. The Balaban J connectivity index is 2.29. The maximum Gasteiger partial charge on any atom is 0.257 e. The Morgan fingerprint density at radius 3 is 2.38 bits per heavy atom. The first kappa shape index (κ1) is 18.7. The quantitative estimate of drug-likeness (QED) is 0.363. The van der Waals surface area contributed by atoms with Gasteiger partial charge in [0.25, 0.3) is 5.91 Å². The van der Waals surface area contributed by atoms with Crippen LogP contribution in [0.25, 0.3) is 0 Å². The number of hydrogen-bond donors (Lipinski definition) is 4. The third-order valence-corrected chi connectivity index (χ3v) is 3.65. The molecule has 0 saturated carbocycles. The molecule has 1 amide bonds. The monoisotopic (exact) mass is 348 g/mol. The van der Waals surface area contributed by atoms with Gasteiger partial charge in [-0.25, -0.2) is 0 Å². The van der Waals surface area contributed by atoms with Crippen molar-refractivity contribution in [3.63, 3.8) is 0 Å². The number of nitrogens with one attached hydrogen (secondary N) is 3. The van der Waals surface area contributed by atoms with E-state index in [1.54, 1.807) is 30.3 Å². The highest BCUT2D eigenvalue weighted by Gasteiger charge is 2.14. The van der Waals surface area contributed by atoms with Crippen LogP contribution in [0, 0.1) is 16.7 Å². The third kappa shape index (κ3) is 4.45. The number of amides is 1. The van der Waals surface area contributed by atoms with Crippen molar-refractivity contribution >= 4 is 28.8 Å². The van der Waals surface area contributed by atoms with Gasteiger partial charge in [-0.05, 0) is 29.7 Å². The Morgan fingerprint density at radius 2 is 1.77 bits per heavy atom. The van der Waals surface area contributed by atoms with Crippen LogP contribution in [0.2, 0.25) is 0 Å². The van der Waals surface area contributed by atoms with E-state index in [1.807, 2.05) is 24.3 Å². The molecule has 0 aliphatic carbocycles. The molecule has 0 bridgehead atoms. The maximum absolute atomic E-state index is 12.7. The number of para-hydroxylation sites is 2. The zero-order valence-electron chi connectivity index (χ0n) is 14.6. The molecule has 26 heavy (non-hydrogen) atoms. The lowest BCUT2D eigenvalue weighted by atomic mass is 10.0. The van der Waals surface area contributed by atoms with E-state index in [0.29, 0.717) is 11.3 Å². The molecule has 2 aromatic rings. The first-order chi connectivity index (χ1) is 12.4. The van der Waals surface area contributed by atoms with Crippen LogP contribution in [-0.2, 0) is 0 Å². The SMILES string of the molecule is CC(C)c1ccccc1NC(=O)c1ccccc1N/N=C(\C#N)C(=N)N. The number of hydrazone groups is 1. The largest absolute Gasteiger partial charge is 0.382 e. The van der Waals surface area contributed by atoms with Gasteiger partial charge in [-0.2, -0.15) is 10.4 Å². The molecule has 2 aromatic carbocycles. The molecule has 2 rings (SSSR count). The van der Waals surface area contributed by atoms with Gasteiger partial charge < -0.3 is 11.1 Å². The first-order valence-corrected chi connectivity index (χ1v) is 8.01. The van der Waals surface area contributed by atoms with Gasteiger partial charge >= 0.3 is 0 Å². The van der Waals surface area contributed by atoms with Gasteiger partial charge in [0.15, 0.2) is 5.84 Å². The van der Waals surface area contributed by atoms with Crippen molar-refractivity contribution in [3.05, 3.63) is 59.7 Å². The van der Waals surface area contributed by atoms with Gasteiger partial charge in [0.2, 0.25) is 5.71 Å². The number of nitrogens with two attached hydrogens (primary N) is 1. The second kappa shape index (κ2) is 8.44. The lowest BCUT2D eigenvalue weighted by Crippen LogP contribution is -2.22. The molecule has 0 heterocycles. The normalized spacial score (nSPS) is 10.9. The van der Waals surface area contributed by atoms with Crippen LogP contribution < -0.4 is 16.5 Å². The lowest BCUT2D eigenvalue weighted by Gasteiger charge is -2.15. The second-order valence-corrected chi connectivity index (χ2v) is 5.84. The van der Waals surface area contributed by atoms with E-state index in [9.17, 15) is 4.79 Å². The summed E-state index contributed by atoms with van der Waals surface area (Å²) in [6.45, 7) is 4.11. The van der Waals surface area contributed by atoms with Crippen molar-refractivity contribution in [1.82, 2.24) is 0 Å². The molecular weight excluding hydrogens is 328 g/mol. The molecule has 0 fully saturated rings. The predicted octanol–water partition coefficient (Wildman–Crippen LogP) is 3.29. The summed E-state index contributed by atoms with van der Waals surface area (Å²) < 4.78 is 0. The number of amidine groups is 1. The topological polar surface area (TPSA) is 127 Å². The van der Waals surface area contributed by atoms with Crippen LogP contribution in [0.5, 0.6) is 0 Å². The van der Waals surface area contributed by atoms with Crippen molar-refractivity contribution in [3.8, 4) is 6.07 Å². The summed E-state index contributed by atoms with van der Waals surface area (Å²) in [6.07, 6.45) is 0. The molecule has 0 aromatic heterocycles. The number of hydrogen-bond acceptors (Lipinski definition) is 5. The molecule has 0 saturated heterocycles. The Labute approximate surface area is 152 Å². The minimum atomic E-state index is -0.451. The number of nitriles is 1. The summed E-state index contributed by atoms with van der Waals surface area (Å²) in [5.74, 6) is -0.497. The summed E-state index contributed by atoms with van der Waals surface area (Å²) >= 11 is 0. The molecular formula is C19H20N6O. The average molecular weight is 348 g/mol. The van der Waals surface area contributed by atoms with Crippen LogP contribution in [0.1, 0.15) is 35.7 Å². The minimum Gasteiger partial charge on any atom is -0.382 e. The van der Waals surface area contributed by atoms with Gasteiger partial charge in [0.05, 0.1) is 11.3 Å². The first-order valence-electron chi connectivity index (χ1n) is 8.01. The number of anilines is 2. The third-order valence-electron chi connectivity index (χ3n) is 3.65. The fraction of sp³-hybridized carbons (Fsp3) is 0.158. The van der Waals surface area contributed by atoms with Gasteiger partial charge in [-0.1, -0.05) is 44.2 Å². The van der Waals surface area contributed by atoms with Crippen molar-refractivity contribution in [2.45, 2.75) is 19.8 Å². The highest BCUT2D eigenvalue weighted by Crippen LogP contribution is 2.25. The van der Waals surface area contributed by atoms with E-state index in [2.05, 4.69) is 29.7 Å². The Bertz CT molecular complexity index is 895. The van der Waals surface area contributed by atoms with Crippen LogP contribution in [0.4, 0.5) is 11.4 Å². The molecule has 5 N–H and O–H groups in total. The molecule has 0 aliphatic rings. The zero-order valence-corrected chi connectivity index (χ0v) is 14.6. The molecule has 132 valence electrons. The summed E-state index contributed by atoms with van der Waals surface area (Å²) in [7, 11) is 0. The molecule has 0 aliphatic heterocycles. The standard InChI is InChI=1S/C19H20N6O/c1-12(2)13-7-3-5-9-15(13)23-19(26)14-8-4-6-10-16(14)24-25-17(11-20)18(21)22/h3-10,12,24H,1-2H3,(H3,21,22)(H,23,26)/b25-17+. The van der Waals surface area contributed by atoms with E-state index in [1.165, 1.54) is 0 Å². The Kier molecular flexibility index (Phi) is 6.06. The van der Waals surface area contributed by atoms with Crippen molar-refractivity contribution < 1.29 is 4.79 Å². The Morgan fingerprint density at radius 1 is 1.15 bits per heavy atom. The van der Waals surface area contributed by atoms with E-state index >= 15 is 0 Å². The van der Waals surface area contributed by atoms with Crippen LogP contribution in [0.3, 0.4) is 0 Å². The van der Waals surface area contributed by atoms with Crippen LogP contribution in [0.15, 0.2) is 53.6 Å². The number of carbonyl (C=O) groups excluding carboxylic acids is 1. The smallest absolute Gasteiger partial charge is 0.257 e. The van der Waals surface area contributed by atoms with Gasteiger partial charge in [-0.3, -0.25) is 15.6 Å². The predicted molar refractivity (Wildman–Crippen MR) is 104 cm³/mol. The number of nitrogens with zero attached hydrogens (tertiary/aromatic N) is 2. The van der Waals surface area contributed by atoms with Crippen molar-refractivity contribution in [2.24, 2.45) is 10.8 Å². The van der Waals surface area contributed by atoms with E-state index in [4.69, 9.17) is 16.4 Å². The average Bonchev–Trinajstić information content (AvgIpc) is 2.62. The van der Waals surface area contributed by atoms with E-state index in [-0.39, 0.29) is 17.5 Å². The van der Waals surface area contributed by atoms with Gasteiger partial charge in [0.1, 0.15) is 6.07 Å². The molecule has 7 heteroatoms. The Hall–Kier alpha value is -3.66. The summed E-state index contributed by atoms with van der Waals surface area (Å²) in [5.41, 5.74) is 10.2. The summed E-state index contributed by atoms with van der Waals surface area (Å²) in [5, 5.41) is 22.9. The van der Waals surface area contributed by atoms with Crippen LogP contribution >= 0.6 is 0 Å². The number of rotatable bonds is 6. The highest BCUT2D eigenvalue weighted by atomic mass is 16.1. The summed E-state index contributed by atoms with van der Waals surface area (Å²) in [6, 6.07) is 16.1. The number of benzene rings is 2. The molecule has 7 nitrogen and oxygen atoms in total. The van der Waals surface area contributed by atoms with Crippen molar-refractivity contribution in [1.29, 1.82) is 10.7 Å². The van der Waals surface area contributed by atoms with Crippen molar-refractivity contribution in [2.75, 3.05) is 10.7 Å². The van der Waals surface area contributed by atoms with E-state index < -0.39 is 5.84 Å². The lowest BCUT2D eigenvalue weighted by molar-refractivity contribution is 0.102. The van der Waals surface area contributed by atoms with Gasteiger partial charge in [-0.15, -0.1) is 0 Å². The minimum absolute atomic E-state index is 0.259. The zero-order chi connectivity index (χ0) is 19.1. The number of carbonyl (C=O) groups is 1. The fourth-order valence-corrected chi connectivity index (χ4v) is 2.34. The molecule has 0 radical (unpaired) electrons. The van der Waals surface area contributed by atoms with E-state index in [0.717, 1.165) is 11.3 Å². The molecule has 0 unspecified atom stereocenters. The fourth-order valence-electron chi connectivity index (χ4n) is 2.34. The maximum atomic E-state index is 12.7. The highest BCUT2D eigenvalue weighted by molar-refractivity contribution is 6.45. The van der Waals surface area contributed by atoms with Gasteiger partial charge in [0, 0.05) is 5.69 Å².